The van der Waals surface area contributed by atoms with Gasteiger partial charge in [-0.1, -0.05) is 37.3 Å². The van der Waals surface area contributed by atoms with E-state index >= 15 is 0 Å². The average molecular weight is 385 g/mol. The molecular weight excluding hydrogens is 358 g/mol. The maximum absolute atomic E-state index is 9.65. The van der Waals surface area contributed by atoms with Crippen LogP contribution in [0.3, 0.4) is 0 Å². The van der Waals surface area contributed by atoms with Gasteiger partial charge >= 0.3 is 0 Å². The number of aromatic nitrogens is 3. The number of nitrogens with one attached hydrogen (secondary N) is 1. The summed E-state index contributed by atoms with van der Waals surface area (Å²) < 4.78 is 7.73. The van der Waals surface area contributed by atoms with Crippen LogP contribution in [-0.4, -0.2) is 43.5 Å². The van der Waals surface area contributed by atoms with Gasteiger partial charge in [0.05, 0.1) is 30.9 Å². The van der Waals surface area contributed by atoms with Gasteiger partial charge in [0.25, 0.3) is 0 Å². The number of nitrogens with zero attached hydrogens (tertiary/aromatic N) is 3. The molecule has 5 N–H and O–H groups in total. The zero-order valence-electron chi connectivity index (χ0n) is 16.0. The number of benzene rings is 1. The third kappa shape index (κ3) is 4.31. The number of aliphatic hydroxyl groups excluding tert-OH is 2. The van der Waals surface area contributed by atoms with Gasteiger partial charge in [0, 0.05) is 18.3 Å². The number of nitrogens with two attached hydrogens (primary N) is 1. The number of rotatable bonds is 10. The van der Waals surface area contributed by atoms with Crippen molar-refractivity contribution in [3.05, 3.63) is 54.0 Å². The minimum Gasteiger partial charge on any atom is -0.394 e. The van der Waals surface area contributed by atoms with Gasteiger partial charge in [-0.3, -0.25) is 0 Å². The standard InChI is InChI=1S/C20H27N5O3/c1-2-20(11-26,12-27)24-8-16-9-25(18-17(16)22-13-23-19(18)21)14-28-10-15-6-4-3-5-7-15/h3-7,9,13,24,26-27H,2,8,10-12,14H2,1H3,(H2,21,22,23). The number of hydrogen-bond acceptors (Lipinski definition) is 7. The number of ether oxygens (including phenoxy) is 1. The van der Waals surface area contributed by atoms with E-state index in [1.807, 2.05) is 48.0 Å². The van der Waals surface area contributed by atoms with E-state index in [9.17, 15) is 10.2 Å². The molecule has 0 saturated heterocycles. The van der Waals surface area contributed by atoms with E-state index in [-0.39, 0.29) is 13.2 Å². The van der Waals surface area contributed by atoms with Crippen molar-refractivity contribution in [1.82, 2.24) is 19.9 Å². The predicted octanol–water partition coefficient (Wildman–Crippen LogP) is 1.41. The van der Waals surface area contributed by atoms with Crippen molar-refractivity contribution in [2.24, 2.45) is 0 Å². The number of aliphatic hydroxyl groups is 2. The van der Waals surface area contributed by atoms with Crippen LogP contribution in [0.15, 0.2) is 42.9 Å². The molecule has 8 nitrogen and oxygen atoms in total. The second-order valence-electron chi connectivity index (χ2n) is 6.85. The summed E-state index contributed by atoms with van der Waals surface area (Å²) >= 11 is 0. The Morgan fingerprint density at radius 2 is 1.93 bits per heavy atom. The average Bonchev–Trinajstić information content (AvgIpc) is 3.09. The van der Waals surface area contributed by atoms with Crippen molar-refractivity contribution in [3.63, 3.8) is 0 Å². The van der Waals surface area contributed by atoms with Gasteiger partial charge in [-0.15, -0.1) is 0 Å². The smallest absolute Gasteiger partial charge is 0.151 e. The Hall–Kier alpha value is -2.52. The van der Waals surface area contributed by atoms with E-state index in [0.29, 0.717) is 37.6 Å². The fraction of sp³-hybridized carbons (Fsp3) is 0.400. The highest BCUT2D eigenvalue weighted by Gasteiger charge is 2.26. The minimum atomic E-state index is -0.739. The quantitative estimate of drug-likeness (QED) is 0.417. The maximum Gasteiger partial charge on any atom is 0.151 e. The van der Waals surface area contributed by atoms with E-state index in [0.717, 1.165) is 16.6 Å². The van der Waals surface area contributed by atoms with Crippen LogP contribution in [0.2, 0.25) is 0 Å². The molecule has 0 aliphatic carbocycles. The van der Waals surface area contributed by atoms with Gasteiger partial charge in [0.2, 0.25) is 0 Å². The largest absolute Gasteiger partial charge is 0.394 e. The van der Waals surface area contributed by atoms with Gasteiger partial charge in [-0.05, 0) is 12.0 Å². The topological polar surface area (TPSA) is 118 Å². The molecule has 2 aromatic heterocycles. The number of nitrogen functional groups attached to an aromatic ring is 1. The molecule has 0 aliphatic heterocycles. The zero-order chi connectivity index (χ0) is 20.0. The van der Waals surface area contributed by atoms with Gasteiger partial charge in [0.1, 0.15) is 18.6 Å². The first kappa shape index (κ1) is 20.2. The van der Waals surface area contributed by atoms with Crippen LogP contribution in [-0.2, 0) is 24.6 Å². The molecule has 3 aromatic rings. The molecule has 2 heterocycles. The molecule has 0 spiro atoms. The molecule has 0 radical (unpaired) electrons. The number of hydrogen-bond donors (Lipinski definition) is 4. The molecule has 28 heavy (non-hydrogen) atoms. The monoisotopic (exact) mass is 385 g/mol. The van der Waals surface area contributed by atoms with Crippen LogP contribution < -0.4 is 11.1 Å². The third-order valence-electron chi connectivity index (χ3n) is 5.03. The molecule has 8 heteroatoms. The molecule has 0 bridgehead atoms. The first-order valence-electron chi connectivity index (χ1n) is 9.29. The molecule has 3 rings (SSSR count). The highest BCUT2D eigenvalue weighted by molar-refractivity contribution is 5.87. The van der Waals surface area contributed by atoms with E-state index < -0.39 is 5.54 Å². The summed E-state index contributed by atoms with van der Waals surface area (Å²) in [4.78, 5) is 8.47. The molecule has 0 amide bonds. The summed E-state index contributed by atoms with van der Waals surface area (Å²) in [6.07, 6.45) is 3.94. The van der Waals surface area contributed by atoms with Crippen molar-refractivity contribution >= 4 is 16.9 Å². The minimum absolute atomic E-state index is 0.157. The Bertz CT molecular complexity index is 885. The Balaban J connectivity index is 1.79. The van der Waals surface area contributed by atoms with Crippen LogP contribution in [0.4, 0.5) is 5.82 Å². The Morgan fingerprint density at radius 3 is 2.61 bits per heavy atom. The molecule has 0 unspecified atom stereocenters. The van der Waals surface area contributed by atoms with Gasteiger partial charge in [-0.2, -0.15) is 0 Å². The molecule has 0 atom stereocenters. The molecular formula is C20H27N5O3. The lowest BCUT2D eigenvalue weighted by Crippen LogP contribution is -2.50. The lowest BCUT2D eigenvalue weighted by molar-refractivity contribution is 0.0666. The van der Waals surface area contributed by atoms with Crippen LogP contribution >= 0.6 is 0 Å². The van der Waals surface area contributed by atoms with Crippen molar-refractivity contribution in [2.45, 2.75) is 38.8 Å². The summed E-state index contributed by atoms with van der Waals surface area (Å²) in [6.45, 7) is 2.82. The SMILES string of the molecule is CCC(CO)(CO)NCc1cn(COCc2ccccc2)c2c(N)ncnc12. The third-order valence-corrected chi connectivity index (χ3v) is 5.03. The molecule has 0 saturated carbocycles. The number of anilines is 1. The Morgan fingerprint density at radius 1 is 1.18 bits per heavy atom. The van der Waals surface area contributed by atoms with Crippen LogP contribution in [0.5, 0.6) is 0 Å². The van der Waals surface area contributed by atoms with Crippen LogP contribution in [0.1, 0.15) is 24.5 Å². The lowest BCUT2D eigenvalue weighted by atomic mass is 9.98. The lowest BCUT2D eigenvalue weighted by Gasteiger charge is -2.29. The molecule has 0 fully saturated rings. The Kier molecular flexibility index (Phi) is 6.58. The van der Waals surface area contributed by atoms with Crippen LogP contribution in [0.25, 0.3) is 11.0 Å². The molecule has 150 valence electrons. The first-order chi connectivity index (χ1) is 13.6. The predicted molar refractivity (Wildman–Crippen MR) is 107 cm³/mol. The van der Waals surface area contributed by atoms with Gasteiger partial charge in [-0.25, -0.2) is 9.97 Å². The second kappa shape index (κ2) is 9.11. The Labute approximate surface area is 164 Å². The zero-order valence-corrected chi connectivity index (χ0v) is 16.0. The maximum atomic E-state index is 9.65. The number of fused-ring (bicyclic) bond motifs is 1. The van der Waals surface area contributed by atoms with Crippen LogP contribution in [0, 0.1) is 0 Å². The normalized spacial score (nSPS) is 12.0. The fourth-order valence-electron chi connectivity index (χ4n) is 3.08. The van der Waals surface area contributed by atoms with Crippen molar-refractivity contribution in [1.29, 1.82) is 0 Å². The highest BCUT2D eigenvalue weighted by Crippen LogP contribution is 2.24. The molecule has 1 aromatic carbocycles. The summed E-state index contributed by atoms with van der Waals surface area (Å²) in [5.74, 6) is 0.380. The van der Waals surface area contributed by atoms with Crippen molar-refractivity contribution in [2.75, 3.05) is 18.9 Å². The summed E-state index contributed by atoms with van der Waals surface area (Å²) in [5, 5.41) is 22.5. The van der Waals surface area contributed by atoms with Gasteiger partial charge < -0.3 is 30.6 Å². The van der Waals surface area contributed by atoms with E-state index in [1.54, 1.807) is 0 Å². The van der Waals surface area contributed by atoms with Crippen molar-refractivity contribution < 1.29 is 14.9 Å². The summed E-state index contributed by atoms with van der Waals surface area (Å²) in [6, 6.07) is 9.93. The second-order valence-corrected chi connectivity index (χ2v) is 6.85. The van der Waals surface area contributed by atoms with Crippen molar-refractivity contribution in [3.8, 4) is 0 Å². The highest BCUT2D eigenvalue weighted by atomic mass is 16.5. The van der Waals surface area contributed by atoms with E-state index in [4.69, 9.17) is 10.5 Å². The van der Waals surface area contributed by atoms with E-state index in [2.05, 4.69) is 15.3 Å². The van der Waals surface area contributed by atoms with Gasteiger partial charge in [0.15, 0.2) is 5.82 Å². The summed E-state index contributed by atoms with van der Waals surface area (Å²) in [7, 11) is 0. The summed E-state index contributed by atoms with van der Waals surface area (Å²) in [5.41, 5.74) is 8.77. The fourth-order valence-corrected chi connectivity index (χ4v) is 3.08. The first-order valence-corrected chi connectivity index (χ1v) is 9.29. The molecule has 0 aliphatic rings. The van der Waals surface area contributed by atoms with E-state index in [1.165, 1.54) is 6.33 Å².